The summed E-state index contributed by atoms with van der Waals surface area (Å²) in [4.78, 5) is 7.21. The fourth-order valence-corrected chi connectivity index (χ4v) is 5.26. The first-order valence-electron chi connectivity index (χ1n) is 10.9. The standard InChI is InChI=1S/C24H28Cl2N4S/c1-18-27-24(28-30(18)21-9-10-22(25)23(26)17-21)31-16-6-5-13-29-14-11-20(12-15-29)19-7-3-2-4-8-19/h2-4,7-10,17,20H,5-6,11-16H2,1H3. The molecule has 1 aliphatic rings. The number of rotatable bonds is 8. The van der Waals surface area contributed by atoms with E-state index < -0.39 is 0 Å². The normalized spacial score (nSPS) is 15.5. The summed E-state index contributed by atoms with van der Waals surface area (Å²) in [7, 11) is 0. The molecule has 7 heteroatoms. The maximum atomic E-state index is 6.14. The Labute approximate surface area is 199 Å². The Morgan fingerprint density at radius 1 is 1.00 bits per heavy atom. The van der Waals surface area contributed by atoms with Crippen LogP contribution in [0.5, 0.6) is 0 Å². The van der Waals surface area contributed by atoms with Gasteiger partial charge in [0.15, 0.2) is 0 Å². The summed E-state index contributed by atoms with van der Waals surface area (Å²) in [5, 5.41) is 6.51. The van der Waals surface area contributed by atoms with E-state index in [4.69, 9.17) is 23.2 Å². The molecule has 0 spiro atoms. The van der Waals surface area contributed by atoms with Crippen LogP contribution in [-0.2, 0) is 0 Å². The molecule has 0 bridgehead atoms. The van der Waals surface area contributed by atoms with E-state index >= 15 is 0 Å². The van der Waals surface area contributed by atoms with Crippen molar-refractivity contribution < 1.29 is 0 Å². The lowest BCUT2D eigenvalue weighted by atomic mass is 9.89. The first-order chi connectivity index (χ1) is 15.1. The van der Waals surface area contributed by atoms with Gasteiger partial charge in [-0.15, -0.1) is 5.10 Å². The molecule has 0 amide bonds. The summed E-state index contributed by atoms with van der Waals surface area (Å²) in [6, 6.07) is 16.5. The van der Waals surface area contributed by atoms with Crippen molar-refractivity contribution in [2.75, 3.05) is 25.4 Å². The highest BCUT2D eigenvalue weighted by Gasteiger charge is 2.20. The monoisotopic (exact) mass is 474 g/mol. The van der Waals surface area contributed by atoms with Crippen molar-refractivity contribution >= 4 is 35.0 Å². The summed E-state index contributed by atoms with van der Waals surface area (Å²) < 4.78 is 1.82. The maximum absolute atomic E-state index is 6.14. The van der Waals surface area contributed by atoms with Crippen molar-refractivity contribution in [2.45, 2.75) is 43.7 Å². The molecule has 4 nitrogen and oxygen atoms in total. The molecule has 0 radical (unpaired) electrons. The van der Waals surface area contributed by atoms with Crippen molar-refractivity contribution in [3.63, 3.8) is 0 Å². The Morgan fingerprint density at radius 3 is 2.52 bits per heavy atom. The van der Waals surface area contributed by atoms with Gasteiger partial charge >= 0.3 is 0 Å². The molecule has 31 heavy (non-hydrogen) atoms. The first-order valence-corrected chi connectivity index (χ1v) is 12.6. The summed E-state index contributed by atoms with van der Waals surface area (Å²) in [6.45, 7) is 5.56. The van der Waals surface area contributed by atoms with Gasteiger partial charge in [0.1, 0.15) is 5.82 Å². The van der Waals surface area contributed by atoms with Gasteiger partial charge in [0.05, 0.1) is 15.7 Å². The molecule has 4 rings (SSSR count). The molecular weight excluding hydrogens is 447 g/mol. The minimum atomic E-state index is 0.524. The molecule has 0 atom stereocenters. The van der Waals surface area contributed by atoms with Crippen LogP contribution in [0.4, 0.5) is 0 Å². The lowest BCUT2D eigenvalue weighted by Crippen LogP contribution is -2.33. The zero-order chi connectivity index (χ0) is 21.6. The summed E-state index contributed by atoms with van der Waals surface area (Å²) in [5.74, 6) is 2.61. The number of piperidine rings is 1. The van der Waals surface area contributed by atoms with E-state index in [9.17, 15) is 0 Å². The van der Waals surface area contributed by atoms with E-state index in [-0.39, 0.29) is 0 Å². The minimum Gasteiger partial charge on any atom is -0.303 e. The highest BCUT2D eigenvalue weighted by atomic mass is 35.5. The van der Waals surface area contributed by atoms with Crippen LogP contribution in [0.3, 0.4) is 0 Å². The number of aryl methyl sites for hydroxylation is 1. The molecule has 2 aromatic carbocycles. The highest BCUT2D eigenvalue weighted by molar-refractivity contribution is 7.99. The average Bonchev–Trinajstić information content (AvgIpc) is 3.17. The van der Waals surface area contributed by atoms with Crippen molar-refractivity contribution in [2.24, 2.45) is 0 Å². The van der Waals surface area contributed by atoms with Crippen LogP contribution in [0.25, 0.3) is 5.69 Å². The van der Waals surface area contributed by atoms with E-state index in [0.29, 0.717) is 10.0 Å². The lowest BCUT2D eigenvalue weighted by Gasteiger charge is -2.32. The second kappa shape index (κ2) is 10.9. The quantitative estimate of drug-likeness (QED) is 0.270. The van der Waals surface area contributed by atoms with Gasteiger partial charge in [-0.05, 0) is 81.9 Å². The van der Waals surface area contributed by atoms with Crippen LogP contribution in [0, 0.1) is 6.92 Å². The topological polar surface area (TPSA) is 34.0 Å². The van der Waals surface area contributed by atoms with Crippen molar-refractivity contribution in [1.29, 1.82) is 0 Å². The lowest BCUT2D eigenvalue weighted by molar-refractivity contribution is 0.210. The Bertz CT molecular complexity index is 984. The van der Waals surface area contributed by atoms with Gasteiger partial charge < -0.3 is 4.90 Å². The molecule has 1 saturated heterocycles. The first kappa shape index (κ1) is 22.7. The fraction of sp³-hybridized carbons (Fsp3) is 0.417. The smallest absolute Gasteiger partial charge is 0.209 e. The van der Waals surface area contributed by atoms with Gasteiger partial charge in [0.2, 0.25) is 5.16 Å². The van der Waals surface area contributed by atoms with Crippen molar-refractivity contribution in [3.05, 3.63) is 70.0 Å². The Morgan fingerprint density at radius 2 is 1.77 bits per heavy atom. The van der Waals surface area contributed by atoms with Crippen LogP contribution in [-0.4, -0.2) is 45.1 Å². The molecule has 1 fully saturated rings. The summed E-state index contributed by atoms with van der Waals surface area (Å²) in [5.41, 5.74) is 2.38. The molecule has 2 heterocycles. The van der Waals surface area contributed by atoms with E-state index in [2.05, 4.69) is 45.3 Å². The van der Waals surface area contributed by atoms with E-state index in [0.717, 1.165) is 28.3 Å². The van der Waals surface area contributed by atoms with E-state index in [1.165, 1.54) is 50.9 Å². The van der Waals surface area contributed by atoms with E-state index in [1.54, 1.807) is 17.8 Å². The number of likely N-dealkylation sites (tertiary alicyclic amines) is 1. The molecule has 3 aromatic rings. The number of halogens is 2. The van der Waals surface area contributed by atoms with Crippen LogP contribution in [0.1, 0.15) is 43.0 Å². The van der Waals surface area contributed by atoms with Gasteiger partial charge in [-0.1, -0.05) is 65.3 Å². The number of hydrogen-bond donors (Lipinski definition) is 0. The molecule has 0 unspecified atom stereocenters. The predicted molar refractivity (Wildman–Crippen MR) is 131 cm³/mol. The van der Waals surface area contributed by atoms with Crippen molar-refractivity contribution in [1.82, 2.24) is 19.7 Å². The SMILES string of the molecule is Cc1nc(SCCCCN2CCC(c3ccccc3)CC2)nn1-c1ccc(Cl)c(Cl)c1. The minimum absolute atomic E-state index is 0.524. The third kappa shape index (κ3) is 6.04. The molecule has 0 saturated carbocycles. The van der Waals surface area contributed by atoms with Gasteiger partial charge in [0, 0.05) is 5.75 Å². The maximum Gasteiger partial charge on any atom is 0.209 e. The number of thioether (sulfide) groups is 1. The second-order valence-corrected chi connectivity index (χ2v) is 9.91. The van der Waals surface area contributed by atoms with Gasteiger partial charge in [-0.25, -0.2) is 9.67 Å². The van der Waals surface area contributed by atoms with Crippen LogP contribution in [0.2, 0.25) is 10.0 Å². The third-order valence-corrected chi connectivity index (χ3v) is 7.52. The highest BCUT2D eigenvalue weighted by Crippen LogP contribution is 2.28. The number of hydrogen-bond acceptors (Lipinski definition) is 4. The number of unbranched alkanes of at least 4 members (excludes halogenated alkanes) is 1. The van der Waals surface area contributed by atoms with Gasteiger partial charge in [-0.2, -0.15) is 0 Å². The van der Waals surface area contributed by atoms with Crippen LogP contribution >= 0.6 is 35.0 Å². The van der Waals surface area contributed by atoms with Gasteiger partial charge in [0.25, 0.3) is 0 Å². The Balaban J connectivity index is 1.18. The fourth-order valence-electron chi connectivity index (χ4n) is 4.10. The van der Waals surface area contributed by atoms with E-state index in [1.807, 2.05) is 23.7 Å². The molecule has 0 aliphatic carbocycles. The third-order valence-electron chi connectivity index (χ3n) is 5.86. The molecule has 1 aliphatic heterocycles. The number of nitrogens with zero attached hydrogens (tertiary/aromatic N) is 4. The van der Waals surface area contributed by atoms with Crippen LogP contribution < -0.4 is 0 Å². The number of aromatic nitrogens is 3. The second-order valence-electron chi connectivity index (χ2n) is 8.03. The largest absolute Gasteiger partial charge is 0.303 e. The zero-order valence-corrected chi connectivity index (χ0v) is 20.1. The molecular formula is C24H28Cl2N4S. The van der Waals surface area contributed by atoms with Crippen molar-refractivity contribution in [3.8, 4) is 5.69 Å². The number of benzene rings is 2. The Hall–Kier alpha value is -1.53. The predicted octanol–water partition coefficient (Wildman–Crippen LogP) is 6.63. The molecule has 164 valence electrons. The van der Waals surface area contributed by atoms with Gasteiger partial charge in [-0.3, -0.25) is 0 Å². The zero-order valence-electron chi connectivity index (χ0n) is 17.8. The Kier molecular flexibility index (Phi) is 7.94. The summed E-state index contributed by atoms with van der Waals surface area (Å²) in [6.07, 6.45) is 4.93. The molecule has 0 N–H and O–H groups in total. The average molecular weight is 475 g/mol. The summed E-state index contributed by atoms with van der Waals surface area (Å²) >= 11 is 13.9. The molecule has 1 aromatic heterocycles. The van der Waals surface area contributed by atoms with Crippen LogP contribution in [0.15, 0.2) is 53.7 Å².